The maximum atomic E-state index is 9.60. The summed E-state index contributed by atoms with van der Waals surface area (Å²) in [6.45, 7) is 9.03. The molecule has 0 fully saturated rings. The van der Waals surface area contributed by atoms with Crippen LogP contribution in [0.15, 0.2) is 29.7 Å². The van der Waals surface area contributed by atoms with Crippen LogP contribution < -0.4 is 0 Å². The lowest BCUT2D eigenvalue weighted by atomic mass is 10.2. The molecule has 0 amide bonds. The predicted octanol–water partition coefficient (Wildman–Crippen LogP) is 3.52. The summed E-state index contributed by atoms with van der Waals surface area (Å²) >= 11 is 1.83. The number of thiophene rings is 1. The van der Waals surface area contributed by atoms with Gasteiger partial charge in [-0.3, -0.25) is 0 Å². The summed E-state index contributed by atoms with van der Waals surface area (Å²) in [6.07, 6.45) is 0. The van der Waals surface area contributed by atoms with E-state index in [1.165, 1.54) is 11.8 Å². The van der Waals surface area contributed by atoms with Crippen LogP contribution in [0.5, 0.6) is 0 Å². The van der Waals surface area contributed by atoms with E-state index in [0.717, 1.165) is 0 Å². The highest BCUT2D eigenvalue weighted by Gasteiger charge is 1.95. The van der Waals surface area contributed by atoms with Crippen molar-refractivity contribution in [3.8, 4) is 0 Å². The number of carboxylic acid groups (broad SMARTS) is 1. The van der Waals surface area contributed by atoms with E-state index in [1.807, 2.05) is 11.3 Å². The van der Waals surface area contributed by atoms with Crippen LogP contribution in [0.4, 0.5) is 0 Å². The van der Waals surface area contributed by atoms with Crippen molar-refractivity contribution >= 4 is 17.3 Å². The molecule has 0 aliphatic carbocycles. The summed E-state index contributed by atoms with van der Waals surface area (Å²) in [7, 11) is 0. The molecule has 0 saturated heterocycles. The van der Waals surface area contributed by atoms with Crippen molar-refractivity contribution < 1.29 is 9.90 Å². The van der Waals surface area contributed by atoms with E-state index >= 15 is 0 Å². The summed E-state index contributed by atoms with van der Waals surface area (Å²) in [4.78, 5) is 11.1. The van der Waals surface area contributed by atoms with Crippen molar-refractivity contribution in [3.63, 3.8) is 0 Å². The van der Waals surface area contributed by atoms with E-state index in [4.69, 9.17) is 5.11 Å². The predicted molar refractivity (Wildman–Crippen MR) is 60.9 cm³/mol. The van der Waals surface area contributed by atoms with Crippen molar-refractivity contribution in [2.75, 3.05) is 0 Å². The molecule has 1 aromatic rings. The number of aliphatic carboxylic acids is 1. The fourth-order valence-corrected chi connectivity index (χ4v) is 1.36. The second-order valence-electron chi connectivity index (χ2n) is 3.26. The number of hydrogen-bond donors (Lipinski definition) is 1. The van der Waals surface area contributed by atoms with Crippen LogP contribution in [0.25, 0.3) is 0 Å². The molecular formula is C11H16O2S. The molecule has 3 heteroatoms. The minimum Gasteiger partial charge on any atom is -0.478 e. The first kappa shape index (κ1) is 12.9. The van der Waals surface area contributed by atoms with Gasteiger partial charge in [0.05, 0.1) is 0 Å². The van der Waals surface area contributed by atoms with Crippen LogP contribution in [-0.4, -0.2) is 11.1 Å². The van der Waals surface area contributed by atoms with Crippen LogP contribution in [0.2, 0.25) is 0 Å². The third-order valence-electron chi connectivity index (χ3n) is 1.48. The third-order valence-corrected chi connectivity index (χ3v) is 2.65. The maximum Gasteiger partial charge on any atom is 0.330 e. The third kappa shape index (κ3) is 5.54. The van der Waals surface area contributed by atoms with Crippen molar-refractivity contribution in [2.24, 2.45) is 0 Å². The first-order valence-corrected chi connectivity index (χ1v) is 5.25. The minimum atomic E-state index is -0.935. The van der Waals surface area contributed by atoms with Gasteiger partial charge in [0, 0.05) is 10.5 Å². The number of rotatable bonds is 2. The highest BCUT2D eigenvalue weighted by molar-refractivity contribution is 7.10. The smallest absolute Gasteiger partial charge is 0.330 e. The lowest BCUT2D eigenvalue weighted by Crippen LogP contribution is -1.92. The lowest BCUT2D eigenvalue weighted by molar-refractivity contribution is -0.132. The van der Waals surface area contributed by atoms with Crippen LogP contribution in [0.1, 0.15) is 31.6 Å². The zero-order chi connectivity index (χ0) is 11.1. The van der Waals surface area contributed by atoms with E-state index in [0.29, 0.717) is 5.92 Å². The van der Waals surface area contributed by atoms with Gasteiger partial charge in [-0.1, -0.05) is 26.5 Å². The van der Waals surface area contributed by atoms with Crippen LogP contribution in [-0.2, 0) is 4.79 Å². The van der Waals surface area contributed by atoms with Crippen molar-refractivity contribution in [1.29, 1.82) is 0 Å². The Labute approximate surface area is 88.9 Å². The zero-order valence-corrected chi connectivity index (χ0v) is 9.60. The number of carboxylic acids is 1. The Morgan fingerprint density at radius 3 is 2.21 bits per heavy atom. The molecule has 1 rings (SSSR count). The molecule has 0 bridgehead atoms. The molecule has 1 aromatic heterocycles. The molecule has 2 nitrogen and oxygen atoms in total. The Bertz CT molecular complexity index is 274. The molecule has 0 aromatic carbocycles. The monoisotopic (exact) mass is 212 g/mol. The second-order valence-corrected chi connectivity index (χ2v) is 4.23. The Balaban J connectivity index is 0.000000255. The topological polar surface area (TPSA) is 37.3 Å². The van der Waals surface area contributed by atoms with Gasteiger partial charge in [-0.2, -0.15) is 0 Å². The minimum absolute atomic E-state index is 0.176. The largest absolute Gasteiger partial charge is 0.478 e. The molecular weight excluding hydrogens is 196 g/mol. The van der Waals surface area contributed by atoms with E-state index in [-0.39, 0.29) is 5.57 Å². The van der Waals surface area contributed by atoms with E-state index in [1.54, 1.807) is 0 Å². The van der Waals surface area contributed by atoms with Gasteiger partial charge in [0.25, 0.3) is 0 Å². The molecule has 0 spiro atoms. The van der Waals surface area contributed by atoms with Crippen LogP contribution in [0, 0.1) is 0 Å². The quantitative estimate of drug-likeness (QED) is 0.761. The summed E-state index contributed by atoms with van der Waals surface area (Å²) in [5.41, 5.74) is 0.176. The van der Waals surface area contributed by atoms with Gasteiger partial charge in [-0.25, -0.2) is 4.79 Å². The second kappa shape index (κ2) is 6.38. The summed E-state index contributed by atoms with van der Waals surface area (Å²) < 4.78 is 0. The Kier molecular flexibility index (Phi) is 5.88. The van der Waals surface area contributed by atoms with Gasteiger partial charge in [0.15, 0.2) is 0 Å². The average molecular weight is 212 g/mol. The molecule has 0 saturated carbocycles. The molecule has 0 aliphatic rings. The van der Waals surface area contributed by atoms with E-state index < -0.39 is 5.97 Å². The molecule has 0 radical (unpaired) electrons. The highest BCUT2D eigenvalue weighted by atomic mass is 32.1. The Morgan fingerprint density at radius 2 is 2.07 bits per heavy atom. The van der Waals surface area contributed by atoms with Crippen LogP contribution in [0.3, 0.4) is 0 Å². The van der Waals surface area contributed by atoms with Gasteiger partial charge >= 0.3 is 5.97 Å². The number of hydrogen-bond acceptors (Lipinski definition) is 2. The summed E-state index contributed by atoms with van der Waals surface area (Å²) in [5.74, 6) is -0.231. The first-order chi connectivity index (χ1) is 6.45. The van der Waals surface area contributed by atoms with Crippen molar-refractivity contribution in [1.82, 2.24) is 0 Å². The molecule has 0 aliphatic heterocycles. The standard InChI is InChI=1S/C7H10S.C4H6O2/c1-6(2)7-4-3-5-8-7;1-3(2)4(5)6/h3-6H,1-2H3;1H2,2H3,(H,5,6). The molecule has 78 valence electrons. The van der Waals surface area contributed by atoms with Gasteiger partial charge in [0.1, 0.15) is 0 Å². The molecule has 1 heterocycles. The maximum absolute atomic E-state index is 9.60. The normalized spacial score (nSPS) is 9.14. The Hall–Kier alpha value is -1.09. The van der Waals surface area contributed by atoms with Gasteiger partial charge < -0.3 is 5.11 Å². The summed E-state index contributed by atoms with van der Waals surface area (Å²) in [5, 5.41) is 10.0. The molecule has 14 heavy (non-hydrogen) atoms. The molecule has 0 unspecified atom stereocenters. The van der Waals surface area contributed by atoms with Crippen LogP contribution >= 0.6 is 11.3 Å². The van der Waals surface area contributed by atoms with Crippen molar-refractivity contribution in [2.45, 2.75) is 26.7 Å². The Morgan fingerprint density at radius 1 is 1.57 bits per heavy atom. The lowest BCUT2D eigenvalue weighted by Gasteiger charge is -1.95. The fraction of sp³-hybridized carbons (Fsp3) is 0.364. The highest BCUT2D eigenvalue weighted by Crippen LogP contribution is 2.18. The van der Waals surface area contributed by atoms with Crippen molar-refractivity contribution in [3.05, 3.63) is 34.5 Å². The number of carbonyl (C=O) groups is 1. The zero-order valence-electron chi connectivity index (χ0n) is 8.78. The van der Waals surface area contributed by atoms with Gasteiger partial charge in [-0.05, 0) is 24.3 Å². The average Bonchev–Trinajstić information content (AvgIpc) is 2.56. The van der Waals surface area contributed by atoms with E-state index in [2.05, 4.69) is 37.9 Å². The first-order valence-electron chi connectivity index (χ1n) is 4.37. The fourth-order valence-electron chi connectivity index (χ4n) is 0.620. The van der Waals surface area contributed by atoms with Gasteiger partial charge in [0.2, 0.25) is 0 Å². The van der Waals surface area contributed by atoms with E-state index in [9.17, 15) is 4.79 Å². The van der Waals surface area contributed by atoms with Gasteiger partial charge in [-0.15, -0.1) is 11.3 Å². The summed E-state index contributed by atoms with van der Waals surface area (Å²) in [6, 6.07) is 4.27. The molecule has 1 N–H and O–H groups in total. The molecule has 0 atom stereocenters. The SMILES string of the molecule is C=C(C)C(=O)O.CC(C)c1cccs1.